The summed E-state index contributed by atoms with van der Waals surface area (Å²) >= 11 is 0. The fourth-order valence-electron chi connectivity index (χ4n) is 3.86. The Balaban J connectivity index is 1.39. The van der Waals surface area contributed by atoms with Crippen LogP contribution in [0, 0.1) is 6.92 Å². The zero-order valence-corrected chi connectivity index (χ0v) is 13.9. The second kappa shape index (κ2) is 6.32. The van der Waals surface area contributed by atoms with E-state index in [1.165, 1.54) is 53.9 Å². The van der Waals surface area contributed by atoms with Gasteiger partial charge in [-0.15, -0.1) is 0 Å². The van der Waals surface area contributed by atoms with Crippen molar-refractivity contribution in [3.05, 3.63) is 41.0 Å². The molecule has 0 atom stereocenters. The van der Waals surface area contributed by atoms with Crippen LogP contribution in [-0.4, -0.2) is 46.3 Å². The van der Waals surface area contributed by atoms with E-state index < -0.39 is 0 Å². The predicted molar refractivity (Wildman–Crippen MR) is 91.7 cm³/mol. The summed E-state index contributed by atoms with van der Waals surface area (Å²) < 4.78 is 0. The lowest BCUT2D eigenvalue weighted by molar-refractivity contribution is 0.246. The van der Waals surface area contributed by atoms with Crippen molar-refractivity contribution in [1.29, 1.82) is 0 Å². The Kier molecular flexibility index (Phi) is 4.04. The topological polar surface area (TPSA) is 48.1 Å². The van der Waals surface area contributed by atoms with Crippen molar-refractivity contribution in [2.24, 2.45) is 0 Å². The SMILES string of the molecule is Cc1cnccc1N1CCN(Cc2n[nH]c3c2CCCC3)CC1. The Labute approximate surface area is 137 Å². The molecule has 1 fully saturated rings. The Morgan fingerprint density at radius 3 is 2.78 bits per heavy atom. The molecule has 3 heterocycles. The number of nitrogens with zero attached hydrogens (tertiary/aromatic N) is 4. The van der Waals surface area contributed by atoms with Gasteiger partial charge in [0.25, 0.3) is 0 Å². The average molecular weight is 311 g/mol. The summed E-state index contributed by atoms with van der Waals surface area (Å²) in [5, 5.41) is 7.86. The summed E-state index contributed by atoms with van der Waals surface area (Å²) in [4.78, 5) is 9.22. The number of aromatic amines is 1. The Hall–Kier alpha value is -1.88. The Morgan fingerprint density at radius 2 is 1.96 bits per heavy atom. The first kappa shape index (κ1) is 14.7. The zero-order valence-electron chi connectivity index (χ0n) is 13.9. The van der Waals surface area contributed by atoms with Gasteiger partial charge in [-0.2, -0.15) is 5.10 Å². The molecule has 1 N–H and O–H groups in total. The third-order valence-corrected chi connectivity index (χ3v) is 5.22. The van der Waals surface area contributed by atoms with E-state index in [4.69, 9.17) is 0 Å². The molecule has 0 spiro atoms. The van der Waals surface area contributed by atoms with Gasteiger partial charge in [0, 0.05) is 56.5 Å². The van der Waals surface area contributed by atoms with Crippen LogP contribution < -0.4 is 4.90 Å². The molecule has 2 aromatic heterocycles. The molecule has 122 valence electrons. The largest absolute Gasteiger partial charge is 0.369 e. The number of rotatable bonds is 3. The second-order valence-corrected chi connectivity index (χ2v) is 6.76. The van der Waals surface area contributed by atoms with Gasteiger partial charge < -0.3 is 4.90 Å². The minimum Gasteiger partial charge on any atom is -0.369 e. The number of nitrogens with one attached hydrogen (secondary N) is 1. The third kappa shape index (κ3) is 2.98. The fraction of sp³-hybridized carbons (Fsp3) is 0.556. The maximum absolute atomic E-state index is 4.59. The van der Waals surface area contributed by atoms with Gasteiger partial charge in [0.15, 0.2) is 0 Å². The summed E-state index contributed by atoms with van der Waals surface area (Å²) in [5.74, 6) is 0. The molecule has 23 heavy (non-hydrogen) atoms. The molecule has 0 radical (unpaired) electrons. The van der Waals surface area contributed by atoms with Crippen LogP contribution >= 0.6 is 0 Å². The normalized spacial score (nSPS) is 18.9. The van der Waals surface area contributed by atoms with Gasteiger partial charge in [-0.1, -0.05) is 0 Å². The van der Waals surface area contributed by atoms with Crippen molar-refractivity contribution in [2.75, 3.05) is 31.1 Å². The van der Waals surface area contributed by atoms with Crippen molar-refractivity contribution in [2.45, 2.75) is 39.2 Å². The molecule has 5 nitrogen and oxygen atoms in total. The maximum Gasteiger partial charge on any atom is 0.0797 e. The lowest BCUT2D eigenvalue weighted by atomic mass is 9.96. The van der Waals surface area contributed by atoms with Crippen LogP contribution in [0.5, 0.6) is 0 Å². The number of piperazine rings is 1. The van der Waals surface area contributed by atoms with E-state index in [0.717, 1.165) is 32.7 Å². The minimum atomic E-state index is 0.995. The molecule has 2 aromatic rings. The molecule has 0 unspecified atom stereocenters. The van der Waals surface area contributed by atoms with Crippen molar-refractivity contribution in [3.63, 3.8) is 0 Å². The molecule has 2 aliphatic rings. The van der Waals surface area contributed by atoms with Crippen molar-refractivity contribution < 1.29 is 0 Å². The van der Waals surface area contributed by atoms with Gasteiger partial charge >= 0.3 is 0 Å². The van der Waals surface area contributed by atoms with E-state index in [-0.39, 0.29) is 0 Å². The van der Waals surface area contributed by atoms with Gasteiger partial charge in [-0.3, -0.25) is 15.0 Å². The summed E-state index contributed by atoms with van der Waals surface area (Å²) in [5.41, 5.74) is 6.77. The highest BCUT2D eigenvalue weighted by atomic mass is 15.3. The lowest BCUT2D eigenvalue weighted by Crippen LogP contribution is -2.46. The highest BCUT2D eigenvalue weighted by Crippen LogP contribution is 2.24. The van der Waals surface area contributed by atoms with Crippen molar-refractivity contribution >= 4 is 5.69 Å². The molecule has 0 saturated carbocycles. The summed E-state index contributed by atoms with van der Waals surface area (Å²) in [7, 11) is 0. The number of hydrogen-bond acceptors (Lipinski definition) is 4. The molecule has 1 aliphatic carbocycles. The first-order valence-corrected chi connectivity index (χ1v) is 8.74. The monoisotopic (exact) mass is 311 g/mol. The van der Waals surface area contributed by atoms with Gasteiger partial charge in [0.1, 0.15) is 0 Å². The summed E-state index contributed by atoms with van der Waals surface area (Å²) in [6.07, 6.45) is 8.85. The Morgan fingerprint density at radius 1 is 1.13 bits per heavy atom. The summed E-state index contributed by atoms with van der Waals surface area (Å²) in [6, 6.07) is 2.13. The molecule has 1 saturated heterocycles. The van der Waals surface area contributed by atoms with E-state index in [0.29, 0.717) is 0 Å². The molecule has 0 bridgehead atoms. The molecule has 0 aromatic carbocycles. The molecule has 1 aliphatic heterocycles. The standard InChI is InChI=1S/C18H25N5/c1-14-12-19-7-6-18(14)23-10-8-22(9-11-23)13-17-15-4-2-3-5-16(15)20-21-17/h6-7,12H,2-5,8-11,13H2,1H3,(H,20,21). The second-order valence-electron chi connectivity index (χ2n) is 6.76. The molecule has 5 heteroatoms. The minimum absolute atomic E-state index is 0.995. The van der Waals surface area contributed by atoms with Crippen LogP contribution in [0.2, 0.25) is 0 Å². The number of anilines is 1. The number of aryl methyl sites for hydroxylation is 2. The molecular formula is C18H25N5. The van der Waals surface area contributed by atoms with Gasteiger partial charge in [-0.05, 0) is 49.8 Å². The van der Waals surface area contributed by atoms with E-state index in [1.807, 2.05) is 12.4 Å². The van der Waals surface area contributed by atoms with Crippen LogP contribution in [0.1, 0.15) is 35.4 Å². The Bertz CT molecular complexity index is 670. The number of pyridine rings is 1. The van der Waals surface area contributed by atoms with Crippen LogP contribution in [0.25, 0.3) is 0 Å². The molecule has 0 amide bonds. The highest BCUT2D eigenvalue weighted by Gasteiger charge is 2.22. The van der Waals surface area contributed by atoms with Gasteiger partial charge in [-0.25, -0.2) is 0 Å². The van der Waals surface area contributed by atoms with Crippen LogP contribution in [0.15, 0.2) is 18.5 Å². The van der Waals surface area contributed by atoms with Crippen LogP contribution in [0.4, 0.5) is 5.69 Å². The quantitative estimate of drug-likeness (QED) is 0.945. The third-order valence-electron chi connectivity index (χ3n) is 5.22. The summed E-state index contributed by atoms with van der Waals surface area (Å²) in [6.45, 7) is 7.50. The highest BCUT2D eigenvalue weighted by molar-refractivity contribution is 5.51. The first-order chi connectivity index (χ1) is 11.3. The van der Waals surface area contributed by atoms with E-state index in [9.17, 15) is 0 Å². The number of aromatic nitrogens is 3. The lowest BCUT2D eigenvalue weighted by Gasteiger charge is -2.36. The van der Waals surface area contributed by atoms with Crippen molar-refractivity contribution in [3.8, 4) is 0 Å². The number of fused-ring (bicyclic) bond motifs is 1. The van der Waals surface area contributed by atoms with E-state index in [2.05, 4.69) is 38.0 Å². The number of hydrogen-bond donors (Lipinski definition) is 1. The zero-order chi connectivity index (χ0) is 15.6. The van der Waals surface area contributed by atoms with Crippen molar-refractivity contribution in [1.82, 2.24) is 20.1 Å². The molecule has 4 rings (SSSR count). The fourth-order valence-corrected chi connectivity index (χ4v) is 3.86. The van der Waals surface area contributed by atoms with Gasteiger partial charge in [0.2, 0.25) is 0 Å². The maximum atomic E-state index is 4.59. The average Bonchev–Trinajstić information content (AvgIpc) is 2.99. The molecular weight excluding hydrogens is 286 g/mol. The first-order valence-electron chi connectivity index (χ1n) is 8.74. The van der Waals surface area contributed by atoms with E-state index >= 15 is 0 Å². The van der Waals surface area contributed by atoms with E-state index in [1.54, 1.807) is 0 Å². The number of H-pyrrole nitrogens is 1. The van der Waals surface area contributed by atoms with Gasteiger partial charge in [0.05, 0.1) is 5.69 Å². The predicted octanol–water partition coefficient (Wildman–Crippen LogP) is 2.31. The van der Waals surface area contributed by atoms with Crippen LogP contribution in [0.3, 0.4) is 0 Å². The van der Waals surface area contributed by atoms with Crippen LogP contribution in [-0.2, 0) is 19.4 Å². The smallest absolute Gasteiger partial charge is 0.0797 e.